The van der Waals surface area contributed by atoms with E-state index in [1.54, 1.807) is 0 Å². The number of carbonyl (C=O) groups excluding carboxylic acids is 1. The van der Waals surface area contributed by atoms with Gasteiger partial charge in [0, 0.05) is 31.1 Å². The molecular formula is C25H50N6O12. The summed E-state index contributed by atoms with van der Waals surface area (Å²) in [5.41, 5.74) is 24.3. The van der Waals surface area contributed by atoms with Crippen LogP contribution in [-0.2, 0) is 19.0 Å². The highest BCUT2D eigenvalue weighted by Gasteiger charge is 2.53. The maximum atomic E-state index is 12.7. The first-order valence-corrected chi connectivity index (χ1v) is 14.6. The second-order valence-electron chi connectivity index (χ2n) is 11.7. The summed E-state index contributed by atoms with van der Waals surface area (Å²) in [6.07, 6.45) is -13.7. The number of nitrogens with two attached hydrogens (primary N) is 4. The quantitative estimate of drug-likeness (QED) is 0.0902. The van der Waals surface area contributed by atoms with E-state index in [9.17, 15) is 40.5 Å². The Bertz CT molecular complexity index is 866. The molecule has 0 aromatic rings. The van der Waals surface area contributed by atoms with Crippen molar-refractivity contribution in [3.05, 3.63) is 0 Å². The van der Waals surface area contributed by atoms with E-state index in [-0.39, 0.29) is 38.9 Å². The SMILES string of the molecule is NCCC(O)C(=O)NC1CC(N)C(C2OC(CNCC(O)CO)C(O)CC2N)C(O)C1OC1OC(CO)C(O)C(N)C1O. The first kappa shape index (κ1) is 36.3. The molecule has 0 bridgehead atoms. The van der Waals surface area contributed by atoms with Gasteiger partial charge >= 0.3 is 0 Å². The fraction of sp³-hybridized carbons (Fsp3) is 0.960. The Morgan fingerprint density at radius 1 is 0.953 bits per heavy atom. The first-order valence-electron chi connectivity index (χ1n) is 14.6. The second-order valence-corrected chi connectivity index (χ2v) is 11.7. The Morgan fingerprint density at radius 2 is 1.65 bits per heavy atom. The van der Waals surface area contributed by atoms with Gasteiger partial charge in [-0.25, -0.2) is 0 Å². The van der Waals surface area contributed by atoms with Crippen molar-refractivity contribution in [2.75, 3.05) is 32.8 Å². The number of ether oxygens (including phenoxy) is 3. The van der Waals surface area contributed by atoms with Gasteiger partial charge in [0.2, 0.25) is 5.91 Å². The molecule has 2 saturated heterocycles. The van der Waals surface area contributed by atoms with Gasteiger partial charge in [0.05, 0.1) is 55.8 Å². The van der Waals surface area contributed by atoms with E-state index in [1.807, 2.05) is 0 Å². The van der Waals surface area contributed by atoms with Crippen LogP contribution >= 0.6 is 0 Å². The average Bonchev–Trinajstić information content (AvgIpc) is 2.96. The van der Waals surface area contributed by atoms with Crippen molar-refractivity contribution in [2.45, 2.75) is 111 Å². The van der Waals surface area contributed by atoms with Crippen molar-refractivity contribution >= 4 is 5.91 Å². The first-order chi connectivity index (χ1) is 20.3. The van der Waals surface area contributed by atoms with Crippen molar-refractivity contribution in [3.8, 4) is 0 Å². The topological polar surface area (TPSA) is 335 Å². The minimum Gasteiger partial charge on any atom is -0.394 e. The Morgan fingerprint density at radius 3 is 2.28 bits per heavy atom. The van der Waals surface area contributed by atoms with E-state index in [0.29, 0.717) is 0 Å². The summed E-state index contributed by atoms with van der Waals surface area (Å²) in [6.45, 7) is -0.949. The molecule has 0 radical (unpaired) electrons. The van der Waals surface area contributed by atoms with E-state index in [2.05, 4.69) is 10.6 Å². The van der Waals surface area contributed by atoms with Gasteiger partial charge in [0.25, 0.3) is 0 Å². The lowest BCUT2D eigenvalue weighted by atomic mass is 9.72. The van der Waals surface area contributed by atoms with Gasteiger partial charge in [-0.05, 0) is 25.8 Å². The van der Waals surface area contributed by atoms with Crippen LogP contribution < -0.4 is 33.6 Å². The number of amides is 1. The number of carbonyl (C=O) groups is 1. The molecule has 1 aliphatic carbocycles. The third-order valence-corrected chi connectivity index (χ3v) is 8.46. The predicted molar refractivity (Wildman–Crippen MR) is 148 cm³/mol. The molecule has 18 heteroatoms. The van der Waals surface area contributed by atoms with E-state index in [0.717, 1.165) is 0 Å². The largest absolute Gasteiger partial charge is 0.394 e. The van der Waals surface area contributed by atoms with Crippen molar-refractivity contribution in [1.82, 2.24) is 10.6 Å². The molecule has 0 aromatic carbocycles. The summed E-state index contributed by atoms with van der Waals surface area (Å²) in [7, 11) is 0. The third kappa shape index (κ3) is 8.76. The van der Waals surface area contributed by atoms with Crippen molar-refractivity contribution < 1.29 is 59.9 Å². The van der Waals surface area contributed by atoms with Gasteiger partial charge in [0.1, 0.15) is 30.5 Å². The van der Waals surface area contributed by atoms with Crippen LogP contribution in [0.25, 0.3) is 0 Å². The summed E-state index contributed by atoms with van der Waals surface area (Å²) in [4.78, 5) is 12.7. The zero-order valence-corrected chi connectivity index (χ0v) is 23.9. The molecule has 18 N–H and O–H groups in total. The highest BCUT2D eigenvalue weighted by molar-refractivity contribution is 5.80. The van der Waals surface area contributed by atoms with E-state index in [1.165, 1.54) is 0 Å². The van der Waals surface area contributed by atoms with Gasteiger partial charge in [-0.2, -0.15) is 0 Å². The van der Waals surface area contributed by atoms with Gasteiger partial charge in [-0.3, -0.25) is 4.79 Å². The molecule has 1 saturated carbocycles. The molecule has 2 aliphatic heterocycles. The number of aliphatic hydroxyl groups excluding tert-OH is 8. The summed E-state index contributed by atoms with van der Waals surface area (Å²) >= 11 is 0. The monoisotopic (exact) mass is 626 g/mol. The average molecular weight is 627 g/mol. The lowest BCUT2D eigenvalue weighted by molar-refractivity contribution is -0.306. The molecule has 16 atom stereocenters. The lowest BCUT2D eigenvalue weighted by Gasteiger charge is -2.51. The van der Waals surface area contributed by atoms with Gasteiger partial charge in [0.15, 0.2) is 6.29 Å². The van der Waals surface area contributed by atoms with Crippen molar-refractivity contribution in [1.29, 1.82) is 0 Å². The number of rotatable bonds is 13. The summed E-state index contributed by atoms with van der Waals surface area (Å²) in [5, 5.41) is 87.2. The van der Waals surface area contributed by atoms with Crippen LogP contribution in [0.5, 0.6) is 0 Å². The number of nitrogens with one attached hydrogen (secondary N) is 2. The number of hydrogen-bond acceptors (Lipinski definition) is 17. The van der Waals surface area contributed by atoms with Crippen molar-refractivity contribution in [2.24, 2.45) is 28.9 Å². The van der Waals surface area contributed by atoms with E-state index < -0.39 is 117 Å². The summed E-state index contributed by atoms with van der Waals surface area (Å²) < 4.78 is 17.7. The van der Waals surface area contributed by atoms with Crippen LogP contribution in [0.3, 0.4) is 0 Å². The Kier molecular flexibility index (Phi) is 13.9. The Hall–Kier alpha value is -1.17. The molecule has 0 aromatic heterocycles. The highest BCUT2D eigenvalue weighted by atomic mass is 16.7. The molecular weight excluding hydrogens is 576 g/mol. The maximum Gasteiger partial charge on any atom is 0.249 e. The smallest absolute Gasteiger partial charge is 0.249 e. The van der Waals surface area contributed by atoms with Crippen LogP contribution in [0, 0.1) is 5.92 Å². The fourth-order valence-electron chi connectivity index (χ4n) is 5.98. The fourth-order valence-corrected chi connectivity index (χ4v) is 5.98. The lowest BCUT2D eigenvalue weighted by Crippen LogP contribution is -2.70. The standard InChI is InChI=1S/C25H50N6O12/c26-2-1-13(35)24(40)31-12-3-10(27)17(22-11(28)4-14(36)15(41-22)6-30-5-9(34)7-32)20(38)23(12)43-25-21(39)18(29)19(37)16(8-33)42-25/h9-23,25,30,32-39H,1-8,26-29H2,(H,31,40). The van der Waals surface area contributed by atoms with Crippen LogP contribution in [0.1, 0.15) is 19.3 Å². The molecule has 16 unspecified atom stereocenters. The van der Waals surface area contributed by atoms with E-state index in [4.69, 9.17) is 42.3 Å². The molecule has 3 aliphatic rings. The van der Waals surface area contributed by atoms with Crippen LogP contribution in [0.2, 0.25) is 0 Å². The molecule has 3 fully saturated rings. The van der Waals surface area contributed by atoms with Gasteiger partial charge in [-0.15, -0.1) is 0 Å². The second kappa shape index (κ2) is 16.4. The normalized spacial score (nSPS) is 43.6. The summed E-state index contributed by atoms with van der Waals surface area (Å²) in [5.74, 6) is -1.72. The maximum absolute atomic E-state index is 12.7. The molecule has 3 rings (SSSR count). The molecule has 18 nitrogen and oxygen atoms in total. The number of aliphatic hydroxyl groups is 8. The van der Waals surface area contributed by atoms with Gasteiger partial charge in [-0.1, -0.05) is 0 Å². The van der Waals surface area contributed by atoms with Crippen LogP contribution in [0.15, 0.2) is 0 Å². The molecule has 0 spiro atoms. The zero-order valence-electron chi connectivity index (χ0n) is 23.9. The van der Waals surface area contributed by atoms with Crippen LogP contribution in [-0.4, -0.2) is 171 Å². The highest BCUT2D eigenvalue weighted by Crippen LogP contribution is 2.36. The minimum atomic E-state index is -1.59. The third-order valence-electron chi connectivity index (χ3n) is 8.46. The zero-order chi connectivity index (χ0) is 32.0. The molecule has 2 heterocycles. The summed E-state index contributed by atoms with van der Waals surface area (Å²) in [6, 6.07) is -3.91. The van der Waals surface area contributed by atoms with E-state index >= 15 is 0 Å². The Labute approximate surface area is 249 Å². The Balaban J connectivity index is 1.85. The van der Waals surface area contributed by atoms with Crippen molar-refractivity contribution in [3.63, 3.8) is 0 Å². The molecule has 1 amide bonds. The number of hydrogen-bond donors (Lipinski definition) is 14. The molecule has 43 heavy (non-hydrogen) atoms. The van der Waals surface area contributed by atoms with Gasteiger partial charge < -0.3 is 88.6 Å². The minimum absolute atomic E-state index is 0.00482. The van der Waals surface area contributed by atoms with Crippen LogP contribution in [0.4, 0.5) is 0 Å². The predicted octanol–water partition coefficient (Wildman–Crippen LogP) is -8.17. The molecule has 252 valence electrons.